The summed E-state index contributed by atoms with van der Waals surface area (Å²) in [6.07, 6.45) is 1.49. The third-order valence-electron chi connectivity index (χ3n) is 1.37. The number of anilines is 1. The molecule has 0 fully saturated rings. The summed E-state index contributed by atoms with van der Waals surface area (Å²) in [7, 11) is 0. The Morgan fingerprint density at radius 2 is 1.92 bits per heavy atom. The van der Waals surface area contributed by atoms with Crippen LogP contribution in [0.2, 0.25) is 0 Å². The average molecular weight is 179 g/mol. The number of carbonyl (C=O) groups excluding carboxylic acids is 1. The number of rotatable bonds is 3. The van der Waals surface area contributed by atoms with Crippen molar-refractivity contribution in [2.24, 2.45) is 0 Å². The van der Waals surface area contributed by atoms with E-state index in [1.165, 1.54) is 18.3 Å². The van der Waals surface area contributed by atoms with Crippen LogP contribution in [0.5, 0.6) is 5.75 Å². The van der Waals surface area contributed by atoms with E-state index in [0.29, 0.717) is 12.0 Å². The number of benzene rings is 1. The molecule has 0 radical (unpaired) electrons. The van der Waals surface area contributed by atoms with E-state index in [0.717, 1.165) is 0 Å². The van der Waals surface area contributed by atoms with Gasteiger partial charge in [0, 0.05) is 11.9 Å². The van der Waals surface area contributed by atoms with Gasteiger partial charge in [-0.05, 0) is 24.3 Å². The van der Waals surface area contributed by atoms with Crippen LogP contribution in [-0.2, 0) is 4.79 Å². The van der Waals surface area contributed by atoms with E-state index >= 15 is 0 Å². The number of phenols is 1. The Labute approximate surface area is 75.1 Å². The third-order valence-corrected chi connectivity index (χ3v) is 1.37. The third kappa shape index (κ3) is 2.86. The fraction of sp³-hybridized carbons (Fsp3) is 0. The summed E-state index contributed by atoms with van der Waals surface area (Å²) in [6.45, 7) is 0. The van der Waals surface area contributed by atoms with Gasteiger partial charge in [0.05, 0.1) is 0 Å². The van der Waals surface area contributed by atoms with Gasteiger partial charge in [-0.25, -0.2) is 0 Å². The lowest BCUT2D eigenvalue weighted by molar-refractivity contribution is -0.106. The van der Waals surface area contributed by atoms with E-state index in [1.807, 2.05) is 0 Å². The Balaban J connectivity index is 2.65. The largest absolute Gasteiger partial charge is 0.508 e. The van der Waals surface area contributed by atoms with E-state index in [9.17, 15) is 4.79 Å². The van der Waals surface area contributed by atoms with Gasteiger partial charge >= 0.3 is 0 Å². The molecular weight excluding hydrogens is 170 g/mol. The molecule has 1 aromatic rings. The van der Waals surface area contributed by atoms with Crippen LogP contribution in [0.25, 0.3) is 0 Å². The van der Waals surface area contributed by atoms with Crippen LogP contribution in [0.1, 0.15) is 0 Å². The molecule has 68 valence electrons. The van der Waals surface area contributed by atoms with Crippen molar-refractivity contribution >= 4 is 12.0 Å². The van der Waals surface area contributed by atoms with Crippen LogP contribution in [0, 0.1) is 0 Å². The number of aldehydes is 1. The lowest BCUT2D eigenvalue weighted by atomic mass is 10.3. The molecule has 13 heavy (non-hydrogen) atoms. The summed E-state index contributed by atoms with van der Waals surface area (Å²) in [6, 6.07) is 6.22. The van der Waals surface area contributed by atoms with Gasteiger partial charge in [-0.2, -0.15) is 0 Å². The van der Waals surface area contributed by atoms with Crippen LogP contribution in [0.15, 0.2) is 36.2 Å². The van der Waals surface area contributed by atoms with Crippen LogP contribution in [0.4, 0.5) is 5.69 Å². The van der Waals surface area contributed by atoms with Crippen molar-refractivity contribution < 1.29 is 15.0 Å². The standard InChI is InChI=1S/C9H9NO3/c11-6-9(13)5-10-7-1-3-8(12)4-2-7/h1-6,10,12-13H/b9-5-. The maximum atomic E-state index is 9.98. The van der Waals surface area contributed by atoms with Crippen molar-refractivity contribution in [3.05, 3.63) is 36.2 Å². The van der Waals surface area contributed by atoms with Gasteiger partial charge in [0.15, 0.2) is 12.0 Å². The smallest absolute Gasteiger partial charge is 0.185 e. The molecular formula is C9H9NO3. The molecule has 0 aliphatic heterocycles. The quantitative estimate of drug-likeness (QED) is 0.284. The highest BCUT2D eigenvalue weighted by molar-refractivity contribution is 5.70. The SMILES string of the molecule is O=C/C(O)=C/Nc1ccc(O)cc1. The second-order valence-corrected chi connectivity index (χ2v) is 2.38. The van der Waals surface area contributed by atoms with Crippen LogP contribution < -0.4 is 5.32 Å². The van der Waals surface area contributed by atoms with E-state index in [2.05, 4.69) is 5.32 Å². The number of allylic oxidation sites excluding steroid dienone is 1. The number of aliphatic hydroxyl groups is 1. The van der Waals surface area contributed by atoms with E-state index in [1.54, 1.807) is 12.1 Å². The molecule has 1 rings (SSSR count). The van der Waals surface area contributed by atoms with Crippen LogP contribution >= 0.6 is 0 Å². The van der Waals surface area contributed by atoms with Gasteiger partial charge < -0.3 is 15.5 Å². The number of hydrogen-bond acceptors (Lipinski definition) is 4. The number of carbonyl (C=O) groups is 1. The summed E-state index contributed by atoms with van der Waals surface area (Å²) < 4.78 is 0. The van der Waals surface area contributed by atoms with Gasteiger partial charge in [0.1, 0.15) is 5.75 Å². The molecule has 0 saturated heterocycles. The molecule has 0 amide bonds. The lowest BCUT2D eigenvalue weighted by Gasteiger charge is -1.99. The predicted octanol–water partition coefficient (Wildman–Crippen LogP) is 1.40. The number of aliphatic hydroxyl groups excluding tert-OH is 1. The van der Waals surface area contributed by atoms with Crippen molar-refractivity contribution in [1.82, 2.24) is 0 Å². The Kier molecular flexibility index (Phi) is 2.92. The molecule has 0 unspecified atom stereocenters. The maximum Gasteiger partial charge on any atom is 0.185 e. The minimum atomic E-state index is -0.381. The molecule has 0 atom stereocenters. The number of nitrogens with one attached hydrogen (secondary N) is 1. The summed E-state index contributed by atoms with van der Waals surface area (Å²) in [5, 5.41) is 20.4. The zero-order valence-corrected chi connectivity index (χ0v) is 6.77. The van der Waals surface area contributed by atoms with Crippen molar-refractivity contribution in [3.63, 3.8) is 0 Å². The number of phenolic OH excluding ortho intramolecular Hbond substituents is 1. The van der Waals surface area contributed by atoms with Gasteiger partial charge in [0.2, 0.25) is 0 Å². The topological polar surface area (TPSA) is 69.6 Å². The maximum absolute atomic E-state index is 9.98. The first-order valence-corrected chi connectivity index (χ1v) is 3.62. The van der Waals surface area contributed by atoms with Gasteiger partial charge in [-0.3, -0.25) is 4.79 Å². The van der Waals surface area contributed by atoms with Crippen molar-refractivity contribution in [2.75, 3.05) is 5.32 Å². The number of hydrogen-bond donors (Lipinski definition) is 3. The Morgan fingerprint density at radius 3 is 2.46 bits per heavy atom. The second kappa shape index (κ2) is 4.15. The summed E-state index contributed by atoms with van der Waals surface area (Å²) >= 11 is 0. The predicted molar refractivity (Wildman–Crippen MR) is 48.5 cm³/mol. The highest BCUT2D eigenvalue weighted by atomic mass is 16.3. The first-order valence-electron chi connectivity index (χ1n) is 3.62. The first-order chi connectivity index (χ1) is 6.22. The van der Waals surface area contributed by atoms with Crippen molar-refractivity contribution in [2.45, 2.75) is 0 Å². The minimum Gasteiger partial charge on any atom is -0.508 e. The fourth-order valence-corrected chi connectivity index (χ4v) is 0.749. The molecule has 0 bridgehead atoms. The molecule has 0 spiro atoms. The average Bonchev–Trinajstić information content (AvgIpc) is 2.16. The van der Waals surface area contributed by atoms with E-state index in [-0.39, 0.29) is 11.5 Å². The monoisotopic (exact) mass is 179 g/mol. The minimum absolute atomic E-state index is 0.161. The highest BCUT2D eigenvalue weighted by Gasteiger charge is 1.90. The molecule has 4 heteroatoms. The normalized spacial score (nSPS) is 10.9. The van der Waals surface area contributed by atoms with Gasteiger partial charge in [-0.1, -0.05) is 0 Å². The zero-order valence-electron chi connectivity index (χ0n) is 6.77. The summed E-state index contributed by atoms with van der Waals surface area (Å²) in [4.78, 5) is 9.98. The molecule has 1 aromatic carbocycles. The Hall–Kier alpha value is -1.97. The van der Waals surface area contributed by atoms with Gasteiger partial charge in [-0.15, -0.1) is 0 Å². The second-order valence-electron chi connectivity index (χ2n) is 2.38. The van der Waals surface area contributed by atoms with E-state index < -0.39 is 0 Å². The van der Waals surface area contributed by atoms with Crippen LogP contribution in [-0.4, -0.2) is 16.5 Å². The molecule has 4 nitrogen and oxygen atoms in total. The van der Waals surface area contributed by atoms with E-state index in [4.69, 9.17) is 10.2 Å². The molecule has 0 saturated carbocycles. The zero-order chi connectivity index (χ0) is 9.68. The molecule has 0 heterocycles. The summed E-state index contributed by atoms with van der Waals surface area (Å²) in [5.74, 6) is -0.220. The fourth-order valence-electron chi connectivity index (χ4n) is 0.749. The molecule has 3 N–H and O–H groups in total. The first kappa shape index (κ1) is 9.12. The summed E-state index contributed by atoms with van der Waals surface area (Å²) in [5.41, 5.74) is 0.672. The molecule has 0 aromatic heterocycles. The Bertz CT molecular complexity index is 316. The molecule has 0 aliphatic carbocycles. The highest BCUT2D eigenvalue weighted by Crippen LogP contribution is 2.13. The van der Waals surface area contributed by atoms with Crippen LogP contribution in [0.3, 0.4) is 0 Å². The van der Waals surface area contributed by atoms with Crippen molar-refractivity contribution in [3.8, 4) is 5.75 Å². The van der Waals surface area contributed by atoms with Crippen molar-refractivity contribution in [1.29, 1.82) is 0 Å². The Morgan fingerprint density at radius 1 is 1.31 bits per heavy atom. The number of aromatic hydroxyl groups is 1. The van der Waals surface area contributed by atoms with Gasteiger partial charge in [0.25, 0.3) is 0 Å². The lowest BCUT2D eigenvalue weighted by Crippen LogP contribution is -1.91. The molecule has 0 aliphatic rings.